The average molecular weight is 358 g/mol. The molecule has 1 aromatic carbocycles. The lowest BCUT2D eigenvalue weighted by atomic mass is 10.0. The third-order valence-corrected chi connectivity index (χ3v) is 4.03. The van der Waals surface area contributed by atoms with Gasteiger partial charge in [0, 0.05) is 5.69 Å². The topological polar surface area (TPSA) is 109 Å². The van der Waals surface area contributed by atoms with Gasteiger partial charge in [0.2, 0.25) is 5.91 Å². The molecule has 1 aromatic heterocycles. The fraction of sp³-hybridized carbons (Fsp3) is 0.316. The molecule has 1 heterocycles. The minimum Gasteiger partial charge on any atom is -0.481 e. The molecule has 0 fully saturated rings. The van der Waals surface area contributed by atoms with Crippen molar-refractivity contribution in [2.45, 2.75) is 32.7 Å². The second kappa shape index (κ2) is 8.33. The molecule has 2 unspecified atom stereocenters. The molecule has 0 aliphatic carbocycles. The van der Waals surface area contributed by atoms with E-state index < -0.39 is 23.8 Å². The number of benzene rings is 1. The van der Waals surface area contributed by atoms with Crippen molar-refractivity contribution >= 4 is 23.5 Å². The van der Waals surface area contributed by atoms with Gasteiger partial charge in [0.15, 0.2) is 5.76 Å². The van der Waals surface area contributed by atoms with Crippen LogP contribution in [-0.2, 0) is 9.59 Å². The van der Waals surface area contributed by atoms with Gasteiger partial charge in [-0.05, 0) is 42.7 Å². The van der Waals surface area contributed by atoms with Crippen molar-refractivity contribution in [2.24, 2.45) is 5.92 Å². The summed E-state index contributed by atoms with van der Waals surface area (Å²) < 4.78 is 5.04. The molecule has 138 valence electrons. The van der Waals surface area contributed by atoms with Gasteiger partial charge in [-0.2, -0.15) is 0 Å². The number of aliphatic carboxylic acids is 1. The van der Waals surface area contributed by atoms with Crippen LogP contribution in [0.1, 0.15) is 42.8 Å². The predicted octanol–water partition coefficient (Wildman–Crippen LogP) is 2.86. The molecule has 0 aliphatic rings. The third kappa shape index (κ3) is 4.72. The van der Waals surface area contributed by atoms with E-state index in [0.29, 0.717) is 11.3 Å². The molecule has 3 N–H and O–H groups in total. The Balaban J connectivity index is 2.05. The van der Waals surface area contributed by atoms with Crippen molar-refractivity contribution in [1.82, 2.24) is 5.32 Å². The van der Waals surface area contributed by atoms with Crippen LogP contribution < -0.4 is 10.6 Å². The summed E-state index contributed by atoms with van der Waals surface area (Å²) in [6, 6.07) is 8.95. The molecule has 7 nitrogen and oxygen atoms in total. The van der Waals surface area contributed by atoms with Crippen LogP contribution in [-0.4, -0.2) is 28.9 Å². The van der Waals surface area contributed by atoms with E-state index in [1.54, 1.807) is 37.3 Å². The van der Waals surface area contributed by atoms with Gasteiger partial charge >= 0.3 is 5.97 Å². The predicted molar refractivity (Wildman–Crippen MR) is 95.9 cm³/mol. The Morgan fingerprint density at radius 1 is 1.04 bits per heavy atom. The standard InChI is InChI=1S/C19H22N2O5/c1-11(2)16(21-17(22)15-5-4-10-26-15)18(23)20-14-8-6-13(7-9-14)12(3)19(24)25/h4-12,16H,1-3H3,(H,20,23)(H,21,22)(H,24,25). The zero-order chi connectivity index (χ0) is 19.3. The first-order valence-corrected chi connectivity index (χ1v) is 8.27. The normalized spacial score (nSPS) is 13.1. The molecule has 0 spiro atoms. The highest BCUT2D eigenvalue weighted by molar-refractivity contribution is 6.00. The van der Waals surface area contributed by atoms with Crippen LogP contribution in [0.2, 0.25) is 0 Å². The number of amides is 2. The average Bonchev–Trinajstić information content (AvgIpc) is 3.13. The molecular weight excluding hydrogens is 336 g/mol. The number of hydrogen-bond donors (Lipinski definition) is 3. The van der Waals surface area contributed by atoms with Crippen molar-refractivity contribution in [3.63, 3.8) is 0 Å². The molecule has 0 radical (unpaired) electrons. The van der Waals surface area contributed by atoms with Crippen LogP contribution in [0.4, 0.5) is 5.69 Å². The molecule has 0 bridgehead atoms. The maximum absolute atomic E-state index is 12.5. The Morgan fingerprint density at radius 2 is 1.69 bits per heavy atom. The minimum absolute atomic E-state index is 0.135. The van der Waals surface area contributed by atoms with Crippen molar-refractivity contribution in [3.8, 4) is 0 Å². The van der Waals surface area contributed by atoms with Gasteiger partial charge in [0.1, 0.15) is 6.04 Å². The van der Waals surface area contributed by atoms with E-state index >= 15 is 0 Å². The Morgan fingerprint density at radius 3 is 2.19 bits per heavy atom. The molecule has 2 aromatic rings. The first-order chi connectivity index (χ1) is 12.3. The van der Waals surface area contributed by atoms with Gasteiger partial charge in [-0.1, -0.05) is 26.0 Å². The monoisotopic (exact) mass is 358 g/mol. The highest BCUT2D eigenvalue weighted by Gasteiger charge is 2.25. The van der Waals surface area contributed by atoms with Crippen LogP contribution in [0.3, 0.4) is 0 Å². The van der Waals surface area contributed by atoms with Gasteiger partial charge in [0.25, 0.3) is 5.91 Å². The summed E-state index contributed by atoms with van der Waals surface area (Å²) in [4.78, 5) is 35.7. The van der Waals surface area contributed by atoms with E-state index in [-0.39, 0.29) is 17.6 Å². The zero-order valence-electron chi connectivity index (χ0n) is 14.9. The van der Waals surface area contributed by atoms with E-state index in [9.17, 15) is 14.4 Å². The summed E-state index contributed by atoms with van der Waals surface area (Å²) in [5, 5.41) is 14.4. The molecule has 2 rings (SSSR count). The van der Waals surface area contributed by atoms with E-state index in [0.717, 1.165) is 0 Å². The van der Waals surface area contributed by atoms with E-state index in [2.05, 4.69) is 10.6 Å². The summed E-state index contributed by atoms with van der Waals surface area (Å²) in [6.45, 7) is 5.24. The van der Waals surface area contributed by atoms with Crippen LogP contribution in [0.15, 0.2) is 47.1 Å². The summed E-state index contributed by atoms with van der Waals surface area (Å²) in [5.74, 6) is -2.37. The van der Waals surface area contributed by atoms with Gasteiger partial charge in [-0.25, -0.2) is 0 Å². The molecule has 2 amide bonds. The second-order valence-corrected chi connectivity index (χ2v) is 6.34. The van der Waals surface area contributed by atoms with Crippen LogP contribution in [0.25, 0.3) is 0 Å². The quantitative estimate of drug-likeness (QED) is 0.705. The number of carboxylic acids is 1. The fourth-order valence-electron chi connectivity index (χ4n) is 2.37. The van der Waals surface area contributed by atoms with Gasteiger partial charge in [-0.15, -0.1) is 0 Å². The molecule has 0 saturated carbocycles. The van der Waals surface area contributed by atoms with Crippen LogP contribution in [0, 0.1) is 5.92 Å². The molecule has 0 aliphatic heterocycles. The van der Waals surface area contributed by atoms with Crippen molar-refractivity contribution < 1.29 is 23.9 Å². The minimum atomic E-state index is -0.915. The lowest BCUT2D eigenvalue weighted by molar-refractivity contribution is -0.138. The molecule has 0 saturated heterocycles. The summed E-state index contributed by atoms with van der Waals surface area (Å²) in [7, 11) is 0. The zero-order valence-corrected chi connectivity index (χ0v) is 14.9. The number of carbonyl (C=O) groups excluding carboxylic acids is 2. The van der Waals surface area contributed by atoms with Gasteiger partial charge in [-0.3, -0.25) is 14.4 Å². The van der Waals surface area contributed by atoms with E-state index in [1.165, 1.54) is 12.3 Å². The molecule has 7 heteroatoms. The summed E-state index contributed by atoms with van der Waals surface area (Å²) >= 11 is 0. The number of carbonyl (C=O) groups is 3. The van der Waals surface area contributed by atoms with E-state index in [4.69, 9.17) is 9.52 Å². The maximum Gasteiger partial charge on any atom is 0.310 e. The third-order valence-electron chi connectivity index (χ3n) is 4.03. The highest BCUT2D eigenvalue weighted by Crippen LogP contribution is 2.19. The number of rotatable bonds is 7. The highest BCUT2D eigenvalue weighted by atomic mass is 16.4. The Bertz CT molecular complexity index is 766. The van der Waals surface area contributed by atoms with Crippen LogP contribution >= 0.6 is 0 Å². The van der Waals surface area contributed by atoms with Crippen molar-refractivity contribution in [1.29, 1.82) is 0 Å². The van der Waals surface area contributed by atoms with Crippen molar-refractivity contribution in [3.05, 3.63) is 54.0 Å². The Kier molecular flexibility index (Phi) is 6.16. The first kappa shape index (κ1) is 19.2. The van der Waals surface area contributed by atoms with E-state index in [1.807, 2.05) is 13.8 Å². The summed E-state index contributed by atoms with van der Waals surface area (Å²) in [6.07, 6.45) is 1.39. The smallest absolute Gasteiger partial charge is 0.310 e. The number of nitrogens with one attached hydrogen (secondary N) is 2. The van der Waals surface area contributed by atoms with Crippen LogP contribution in [0.5, 0.6) is 0 Å². The SMILES string of the molecule is CC(C(=O)O)c1ccc(NC(=O)C(NC(=O)c2ccco2)C(C)C)cc1. The lowest BCUT2D eigenvalue weighted by Crippen LogP contribution is -2.47. The molecule has 2 atom stereocenters. The summed E-state index contributed by atoms with van der Waals surface area (Å²) in [5.41, 5.74) is 1.16. The van der Waals surface area contributed by atoms with Gasteiger partial charge < -0.3 is 20.2 Å². The maximum atomic E-state index is 12.5. The largest absolute Gasteiger partial charge is 0.481 e. The fourth-order valence-corrected chi connectivity index (χ4v) is 2.37. The lowest BCUT2D eigenvalue weighted by Gasteiger charge is -2.21. The number of furan rings is 1. The second-order valence-electron chi connectivity index (χ2n) is 6.34. The van der Waals surface area contributed by atoms with Gasteiger partial charge in [0.05, 0.1) is 12.2 Å². The number of hydrogen-bond acceptors (Lipinski definition) is 4. The molecule has 26 heavy (non-hydrogen) atoms. The number of carboxylic acid groups (broad SMARTS) is 1. The van der Waals surface area contributed by atoms with Crippen molar-refractivity contribution in [2.75, 3.05) is 5.32 Å². The molecular formula is C19H22N2O5. The Hall–Kier alpha value is -3.09. The Labute approximate surface area is 151 Å². The number of anilines is 1. The first-order valence-electron chi connectivity index (χ1n) is 8.27.